The van der Waals surface area contributed by atoms with Crippen LogP contribution in [0.3, 0.4) is 0 Å². The molecular weight excluding hydrogens is 132 g/mol. The van der Waals surface area contributed by atoms with E-state index in [0.29, 0.717) is 17.2 Å². The van der Waals surface area contributed by atoms with Gasteiger partial charge in [0.05, 0.1) is 0 Å². The molecule has 1 N–H and O–H groups in total. The number of aryl methyl sites for hydroxylation is 1. The van der Waals surface area contributed by atoms with E-state index in [1.165, 1.54) is 0 Å². The van der Waals surface area contributed by atoms with E-state index >= 15 is 0 Å². The topological polar surface area (TPSA) is 58.6 Å². The average molecular weight is 140 g/mol. The van der Waals surface area contributed by atoms with Gasteiger partial charge in [-0.2, -0.15) is 0 Å². The standard InChI is InChI=1S/C6H8N2O2/c1-4-3-6(8-10-4)5(2)7-9/h3,9H,1-2H3. The van der Waals surface area contributed by atoms with Crippen molar-refractivity contribution in [2.24, 2.45) is 5.16 Å². The minimum atomic E-state index is 0.455. The molecule has 0 unspecified atom stereocenters. The van der Waals surface area contributed by atoms with Crippen LogP contribution in [-0.4, -0.2) is 16.1 Å². The summed E-state index contributed by atoms with van der Waals surface area (Å²) in [5, 5.41) is 14.9. The number of rotatable bonds is 1. The molecule has 54 valence electrons. The van der Waals surface area contributed by atoms with Crippen LogP contribution >= 0.6 is 0 Å². The van der Waals surface area contributed by atoms with Crippen LogP contribution in [0.5, 0.6) is 0 Å². The molecular formula is C6H8N2O2. The lowest BCUT2D eigenvalue weighted by molar-refractivity contribution is 0.318. The number of hydrogen-bond acceptors (Lipinski definition) is 4. The molecule has 0 bridgehead atoms. The third-order valence-corrected chi connectivity index (χ3v) is 1.15. The first-order valence-electron chi connectivity index (χ1n) is 2.86. The third kappa shape index (κ3) is 1.15. The van der Waals surface area contributed by atoms with Crippen LogP contribution < -0.4 is 0 Å². The van der Waals surface area contributed by atoms with Crippen molar-refractivity contribution in [2.75, 3.05) is 0 Å². The summed E-state index contributed by atoms with van der Waals surface area (Å²) in [5.74, 6) is 0.706. The van der Waals surface area contributed by atoms with Gasteiger partial charge in [0.2, 0.25) is 0 Å². The SMILES string of the molecule is CC(=NO)c1cc(C)on1. The molecule has 0 saturated heterocycles. The average Bonchev–Trinajstić information content (AvgIpc) is 2.34. The van der Waals surface area contributed by atoms with Crippen molar-refractivity contribution in [2.45, 2.75) is 13.8 Å². The van der Waals surface area contributed by atoms with Crippen LogP contribution in [0.25, 0.3) is 0 Å². The van der Waals surface area contributed by atoms with Gasteiger partial charge in [-0.1, -0.05) is 10.3 Å². The van der Waals surface area contributed by atoms with Crippen LogP contribution in [0.2, 0.25) is 0 Å². The zero-order valence-electron chi connectivity index (χ0n) is 5.83. The molecule has 0 aliphatic rings. The summed E-state index contributed by atoms with van der Waals surface area (Å²) in [5.41, 5.74) is 1.02. The molecule has 0 fully saturated rings. The van der Waals surface area contributed by atoms with Gasteiger partial charge >= 0.3 is 0 Å². The van der Waals surface area contributed by atoms with E-state index in [2.05, 4.69) is 10.3 Å². The summed E-state index contributed by atoms with van der Waals surface area (Å²) in [4.78, 5) is 0. The summed E-state index contributed by atoms with van der Waals surface area (Å²) >= 11 is 0. The zero-order valence-corrected chi connectivity index (χ0v) is 5.83. The minimum Gasteiger partial charge on any atom is -0.411 e. The molecule has 10 heavy (non-hydrogen) atoms. The Labute approximate surface area is 58.1 Å². The van der Waals surface area contributed by atoms with E-state index in [1.54, 1.807) is 19.9 Å². The van der Waals surface area contributed by atoms with Gasteiger partial charge in [-0.3, -0.25) is 0 Å². The van der Waals surface area contributed by atoms with Gasteiger partial charge in [0.25, 0.3) is 0 Å². The maximum atomic E-state index is 8.30. The Balaban J connectivity index is 2.95. The van der Waals surface area contributed by atoms with Crippen LogP contribution in [0, 0.1) is 6.92 Å². The normalized spacial score (nSPS) is 12.0. The summed E-state index contributed by atoms with van der Waals surface area (Å²) in [6.07, 6.45) is 0. The molecule has 1 aromatic rings. The van der Waals surface area contributed by atoms with Crippen molar-refractivity contribution in [3.05, 3.63) is 17.5 Å². The molecule has 0 atom stereocenters. The van der Waals surface area contributed by atoms with E-state index in [0.717, 1.165) is 0 Å². The Morgan fingerprint density at radius 3 is 2.90 bits per heavy atom. The van der Waals surface area contributed by atoms with Crippen molar-refractivity contribution in [3.8, 4) is 0 Å². The van der Waals surface area contributed by atoms with Gasteiger partial charge in [0, 0.05) is 6.07 Å². The highest BCUT2D eigenvalue weighted by atomic mass is 16.5. The number of nitrogens with zero attached hydrogens (tertiary/aromatic N) is 2. The lowest BCUT2D eigenvalue weighted by atomic mass is 10.3. The molecule has 1 aromatic heterocycles. The molecule has 0 radical (unpaired) electrons. The first-order chi connectivity index (χ1) is 4.74. The van der Waals surface area contributed by atoms with Crippen LogP contribution in [0.1, 0.15) is 18.4 Å². The lowest BCUT2D eigenvalue weighted by Crippen LogP contribution is -1.92. The van der Waals surface area contributed by atoms with E-state index < -0.39 is 0 Å². The first-order valence-corrected chi connectivity index (χ1v) is 2.86. The quantitative estimate of drug-likeness (QED) is 0.362. The van der Waals surface area contributed by atoms with Gasteiger partial charge in [-0.25, -0.2) is 0 Å². The maximum absolute atomic E-state index is 8.30. The van der Waals surface area contributed by atoms with Gasteiger partial charge < -0.3 is 9.73 Å². The van der Waals surface area contributed by atoms with Gasteiger partial charge in [-0.15, -0.1) is 0 Å². The predicted molar refractivity (Wildman–Crippen MR) is 35.2 cm³/mol. The maximum Gasteiger partial charge on any atom is 0.134 e. The second kappa shape index (κ2) is 2.51. The molecule has 1 heterocycles. The van der Waals surface area contributed by atoms with E-state index in [4.69, 9.17) is 9.73 Å². The Hall–Kier alpha value is -1.32. The van der Waals surface area contributed by atoms with Crippen molar-refractivity contribution < 1.29 is 9.73 Å². The van der Waals surface area contributed by atoms with Crippen LogP contribution in [-0.2, 0) is 0 Å². The molecule has 0 saturated carbocycles. The fourth-order valence-corrected chi connectivity index (χ4v) is 0.588. The van der Waals surface area contributed by atoms with E-state index in [9.17, 15) is 0 Å². The molecule has 4 heteroatoms. The van der Waals surface area contributed by atoms with Crippen molar-refractivity contribution in [3.63, 3.8) is 0 Å². The molecule has 0 aromatic carbocycles. The molecule has 4 nitrogen and oxygen atoms in total. The van der Waals surface area contributed by atoms with Crippen molar-refractivity contribution >= 4 is 5.71 Å². The molecule has 0 aliphatic heterocycles. The second-order valence-corrected chi connectivity index (χ2v) is 2.01. The summed E-state index contributed by atoms with van der Waals surface area (Å²) in [6.45, 7) is 3.43. The van der Waals surface area contributed by atoms with E-state index in [1.807, 2.05) is 0 Å². The smallest absolute Gasteiger partial charge is 0.134 e. The van der Waals surface area contributed by atoms with Crippen LogP contribution in [0.15, 0.2) is 15.7 Å². The van der Waals surface area contributed by atoms with Gasteiger partial charge in [0.15, 0.2) is 0 Å². The second-order valence-electron chi connectivity index (χ2n) is 2.01. The minimum absolute atomic E-state index is 0.455. The molecule has 0 spiro atoms. The first kappa shape index (κ1) is 6.80. The highest BCUT2D eigenvalue weighted by Crippen LogP contribution is 2.01. The monoisotopic (exact) mass is 140 g/mol. The lowest BCUT2D eigenvalue weighted by Gasteiger charge is -1.84. The molecule has 0 aliphatic carbocycles. The number of hydrogen-bond donors (Lipinski definition) is 1. The largest absolute Gasteiger partial charge is 0.411 e. The Bertz CT molecular complexity index is 252. The zero-order chi connectivity index (χ0) is 7.56. The number of aromatic nitrogens is 1. The van der Waals surface area contributed by atoms with E-state index in [-0.39, 0.29) is 0 Å². The third-order valence-electron chi connectivity index (χ3n) is 1.15. The highest BCUT2D eigenvalue weighted by Gasteiger charge is 2.02. The molecule has 1 rings (SSSR count). The predicted octanol–water partition coefficient (Wildman–Crippen LogP) is 1.18. The Morgan fingerprint density at radius 1 is 1.80 bits per heavy atom. The Morgan fingerprint density at radius 2 is 2.50 bits per heavy atom. The summed E-state index contributed by atoms with van der Waals surface area (Å²) in [6, 6.07) is 1.70. The van der Waals surface area contributed by atoms with Gasteiger partial charge in [-0.05, 0) is 13.8 Å². The van der Waals surface area contributed by atoms with Gasteiger partial charge in [0.1, 0.15) is 17.2 Å². The van der Waals surface area contributed by atoms with Crippen molar-refractivity contribution in [1.82, 2.24) is 5.16 Å². The number of oxime groups is 1. The Kier molecular flexibility index (Phi) is 1.71. The summed E-state index contributed by atoms with van der Waals surface area (Å²) < 4.78 is 4.75. The van der Waals surface area contributed by atoms with Crippen LogP contribution in [0.4, 0.5) is 0 Å². The molecule has 0 amide bonds. The highest BCUT2D eigenvalue weighted by molar-refractivity contribution is 5.96. The fourth-order valence-electron chi connectivity index (χ4n) is 0.588. The fraction of sp³-hybridized carbons (Fsp3) is 0.333. The summed E-state index contributed by atoms with van der Waals surface area (Å²) in [7, 11) is 0. The van der Waals surface area contributed by atoms with Crippen molar-refractivity contribution in [1.29, 1.82) is 0 Å².